The van der Waals surface area contributed by atoms with Gasteiger partial charge >= 0.3 is 83.7 Å². The van der Waals surface area contributed by atoms with Crippen LogP contribution in [0.5, 0.6) is 0 Å². The molecule has 0 amide bonds. The topological polar surface area (TPSA) is 0 Å². The van der Waals surface area contributed by atoms with Crippen LogP contribution in [0.3, 0.4) is 0 Å². The van der Waals surface area contributed by atoms with Crippen LogP contribution in [-0.4, -0.2) is 10.9 Å². The number of fused-ring (bicyclic) bond motifs is 4. The first-order valence-electron chi connectivity index (χ1n) is 23.5. The number of hydrogen-bond donors (Lipinski definition) is 0. The first-order chi connectivity index (χ1) is 29.8. The monoisotopic (exact) mass is 1190 g/mol. The Balaban J connectivity index is 0.000000413. The maximum Gasteiger partial charge on any atom is -0.0308 e. The van der Waals surface area contributed by atoms with E-state index in [9.17, 15) is 0 Å². The summed E-state index contributed by atoms with van der Waals surface area (Å²) < 4.78 is 0. The normalized spacial score (nSPS) is 10.6. The first-order valence-corrected chi connectivity index (χ1v) is 35.9. The van der Waals surface area contributed by atoms with Crippen molar-refractivity contribution in [2.45, 2.75) is 161 Å². The summed E-state index contributed by atoms with van der Waals surface area (Å²) in [4.78, 5) is 0. The van der Waals surface area contributed by atoms with Crippen LogP contribution in [0.2, 0.25) is 26.2 Å². The number of hydrogen-bond acceptors (Lipinski definition) is 0. The van der Waals surface area contributed by atoms with Crippen LogP contribution in [0.1, 0.15) is 146 Å². The van der Waals surface area contributed by atoms with Crippen molar-refractivity contribution in [2.75, 3.05) is 0 Å². The Hall–Kier alpha value is -1.52. The van der Waals surface area contributed by atoms with Crippen LogP contribution in [0.25, 0.3) is 43.1 Å². The second kappa shape index (κ2) is 29.0. The van der Waals surface area contributed by atoms with E-state index >= 15 is 0 Å². The molecule has 8 aromatic carbocycles. The third-order valence-electron chi connectivity index (χ3n) is 11.6. The second-order valence-corrected chi connectivity index (χ2v) is 38.7. The molecule has 352 valence electrons. The van der Waals surface area contributed by atoms with E-state index in [1.54, 1.807) is 46.7 Å². The van der Waals surface area contributed by atoms with Crippen molar-refractivity contribution in [3.05, 3.63) is 164 Å². The Morgan fingerprint density at radius 3 is 0.621 bits per heavy atom. The molecule has 0 aromatic heterocycles. The van der Waals surface area contributed by atoms with Gasteiger partial charge in [-0.25, -0.2) is 0 Å². The molecule has 0 saturated heterocycles. The van der Waals surface area contributed by atoms with Crippen molar-refractivity contribution in [1.29, 1.82) is 0 Å². The van der Waals surface area contributed by atoms with Crippen LogP contribution in [0.4, 0.5) is 0 Å². The number of rotatable bonds is 4. The van der Waals surface area contributed by atoms with E-state index in [0.29, 0.717) is 23.7 Å². The summed E-state index contributed by atoms with van der Waals surface area (Å²) in [6.07, 6.45) is 0. The van der Waals surface area contributed by atoms with Crippen LogP contribution in [0, 0.1) is 55.4 Å². The Kier molecular flexibility index (Phi) is 27.4. The molecule has 0 spiro atoms. The molecule has 0 aliphatic carbocycles. The van der Waals surface area contributed by atoms with Crippen molar-refractivity contribution in [3.63, 3.8) is 0 Å². The van der Waals surface area contributed by atoms with Gasteiger partial charge in [0.15, 0.2) is 0 Å². The molecule has 0 aliphatic rings. The van der Waals surface area contributed by atoms with Crippen molar-refractivity contribution in [3.8, 4) is 0 Å². The fourth-order valence-electron chi connectivity index (χ4n) is 8.46. The largest absolute Gasteiger partial charge is 1.00 e. The van der Waals surface area contributed by atoms with Crippen molar-refractivity contribution >= 4 is 54.0 Å². The summed E-state index contributed by atoms with van der Waals surface area (Å²) in [7, 11) is 0. The molecule has 0 radical (unpaired) electrons. The van der Waals surface area contributed by atoms with Gasteiger partial charge < -0.3 is 34.0 Å². The quantitative estimate of drug-likeness (QED) is 0.122. The zero-order valence-electron chi connectivity index (χ0n) is 44.3. The summed E-state index contributed by atoms with van der Waals surface area (Å²) in [5.41, 5.74) is 17.3. The average Bonchev–Trinajstić information content (AvgIpc) is 3.97. The van der Waals surface area contributed by atoms with Crippen LogP contribution >= 0.6 is 0 Å². The molecule has 8 aromatic rings. The number of halogens is 2. The Labute approximate surface area is 454 Å². The van der Waals surface area contributed by atoms with E-state index in [4.69, 9.17) is 0 Å². The number of aryl methyl sites for hydroxylation is 8. The van der Waals surface area contributed by atoms with Gasteiger partial charge in [-0.05, 0) is 23.7 Å². The minimum atomic E-state index is 0. The van der Waals surface area contributed by atoms with E-state index in [-0.39, 0.29) is 44.8 Å². The Morgan fingerprint density at radius 2 is 0.485 bits per heavy atom. The smallest absolute Gasteiger partial charge is 0.0308 e. The van der Waals surface area contributed by atoms with Crippen LogP contribution in [-0.2, 0) is 46.7 Å². The van der Waals surface area contributed by atoms with Crippen LogP contribution in [0.15, 0.2) is 97.1 Å². The SMILES string of the molecule is C[Si](C)=[Zr+2].C[Si](C)=[Zr+2].Cc1cc2c(C(C)C)ccc(C)c2[cH-]1.Cc1cc2c(C(C)C)ccc(C)c2[cH-]1.Cc1cc2c(C(C)C)ccc(C)c2[cH-]1.Cc1cc2c(C(C)C)ccc(C)c2[cH-]1.[Br-].[Br-]. The Morgan fingerprint density at radius 1 is 0.333 bits per heavy atom. The zero-order valence-corrected chi connectivity index (χ0v) is 54.4. The molecule has 0 unspecified atom stereocenters. The summed E-state index contributed by atoms with van der Waals surface area (Å²) in [5, 5.41) is 11.5. The van der Waals surface area contributed by atoms with Crippen molar-refractivity contribution in [2.24, 2.45) is 0 Å². The van der Waals surface area contributed by atoms with Gasteiger partial charge in [-0.1, -0.05) is 157 Å². The molecule has 0 bridgehead atoms. The van der Waals surface area contributed by atoms with E-state index in [0.717, 1.165) is 0 Å². The molecule has 0 nitrogen and oxygen atoms in total. The third kappa shape index (κ3) is 18.0. The molecule has 0 atom stereocenters. The van der Waals surface area contributed by atoms with Crippen LogP contribution < -0.4 is 34.0 Å². The molecule has 0 N–H and O–H groups in total. The third-order valence-corrected chi connectivity index (χ3v) is 11.6. The molecule has 0 aliphatic heterocycles. The molecule has 66 heavy (non-hydrogen) atoms. The maximum absolute atomic E-state index is 2.31. The van der Waals surface area contributed by atoms with Gasteiger partial charge in [0.2, 0.25) is 0 Å². The molecule has 0 saturated carbocycles. The second-order valence-electron chi connectivity index (χ2n) is 19.9. The number of benzene rings is 4. The van der Waals surface area contributed by atoms with Gasteiger partial charge in [0, 0.05) is 0 Å². The van der Waals surface area contributed by atoms with E-state index in [2.05, 4.69) is 234 Å². The summed E-state index contributed by atoms with van der Waals surface area (Å²) in [5.74, 6) is 2.44. The predicted molar refractivity (Wildman–Crippen MR) is 287 cm³/mol. The summed E-state index contributed by atoms with van der Waals surface area (Å²) in [6, 6.07) is 36.4. The molecule has 0 heterocycles. The molecular formula is C60H80Br2Si2Zr2-2. The average molecular weight is 1200 g/mol. The minimum Gasteiger partial charge on any atom is -1.00 e. The molecular weight excluding hydrogens is 1120 g/mol. The van der Waals surface area contributed by atoms with E-state index in [1.807, 2.05) is 0 Å². The van der Waals surface area contributed by atoms with E-state index in [1.165, 1.54) is 110 Å². The van der Waals surface area contributed by atoms with Crippen molar-refractivity contribution < 1.29 is 80.6 Å². The minimum absolute atomic E-state index is 0. The van der Waals surface area contributed by atoms with Gasteiger partial charge in [-0.15, -0.1) is 136 Å². The van der Waals surface area contributed by atoms with Crippen molar-refractivity contribution in [1.82, 2.24) is 0 Å². The van der Waals surface area contributed by atoms with Gasteiger partial charge in [0.25, 0.3) is 0 Å². The standard InChI is InChI=1S/4C14H17.2C2H6Si.2BrH.2Zr/c4*1-9(2)12-6-5-11(4)13-7-10(3)8-14(12)13;2*1-3-2;;;;/h4*5-9H,1-4H3;2*1-2H3;2*1H;;/q4*-1;;;;;2*+2/p-2. The molecule has 6 heteroatoms. The fourth-order valence-corrected chi connectivity index (χ4v) is 8.46. The molecule has 8 rings (SSSR count). The van der Waals surface area contributed by atoms with Gasteiger partial charge in [-0.3, -0.25) is 0 Å². The van der Waals surface area contributed by atoms with Gasteiger partial charge in [0.1, 0.15) is 0 Å². The summed E-state index contributed by atoms with van der Waals surface area (Å²) in [6.45, 7) is 44.7. The summed E-state index contributed by atoms with van der Waals surface area (Å²) >= 11 is 3.48. The van der Waals surface area contributed by atoms with E-state index < -0.39 is 0 Å². The van der Waals surface area contributed by atoms with Gasteiger partial charge in [-0.2, -0.15) is 24.3 Å². The molecule has 0 fully saturated rings. The maximum atomic E-state index is 2.31. The zero-order chi connectivity index (χ0) is 48.3. The Bertz CT molecular complexity index is 2420. The fraction of sp³-hybridized carbons (Fsp3) is 0.400. The predicted octanol–water partition coefficient (Wildman–Crippen LogP) is 12.8. The van der Waals surface area contributed by atoms with Gasteiger partial charge in [0.05, 0.1) is 0 Å². The first kappa shape index (κ1) is 62.5.